The van der Waals surface area contributed by atoms with Gasteiger partial charge >= 0.3 is 5.97 Å². The molecule has 2 aliphatic rings. The van der Waals surface area contributed by atoms with Crippen molar-refractivity contribution in [2.45, 2.75) is 49.5 Å². The lowest BCUT2D eigenvalue weighted by molar-refractivity contribution is -0.140. The number of carbonyl (C=O) groups is 2. The summed E-state index contributed by atoms with van der Waals surface area (Å²) >= 11 is 0. The van der Waals surface area contributed by atoms with Crippen LogP contribution in [0.3, 0.4) is 0 Å². The van der Waals surface area contributed by atoms with Crippen molar-refractivity contribution in [1.29, 1.82) is 0 Å². The number of benzene rings is 1. The summed E-state index contributed by atoms with van der Waals surface area (Å²) < 4.78 is 30.3. The number of rotatable bonds is 6. The monoisotopic (exact) mass is 424 g/mol. The zero-order chi connectivity index (χ0) is 21.0. The Morgan fingerprint density at radius 1 is 1.10 bits per heavy atom. The van der Waals surface area contributed by atoms with E-state index in [0.29, 0.717) is 5.92 Å². The molecule has 0 radical (unpaired) electrons. The summed E-state index contributed by atoms with van der Waals surface area (Å²) in [5.41, 5.74) is 0.186. The van der Waals surface area contributed by atoms with E-state index in [1.807, 2.05) is 4.90 Å². The summed E-state index contributed by atoms with van der Waals surface area (Å²) in [6.07, 6.45) is 6.72. The number of amides is 1. The van der Waals surface area contributed by atoms with E-state index in [9.17, 15) is 18.0 Å². The molecule has 1 saturated carbocycles. The number of likely N-dealkylation sites (tertiary alicyclic amines) is 1. The molecule has 1 aliphatic heterocycles. The molecular weight excluding hydrogens is 396 g/mol. The van der Waals surface area contributed by atoms with E-state index in [4.69, 9.17) is 9.57 Å². The highest BCUT2D eigenvalue weighted by Crippen LogP contribution is 2.35. The molecule has 0 spiro atoms. The Balaban J connectivity index is 1.58. The van der Waals surface area contributed by atoms with Gasteiger partial charge in [-0.25, -0.2) is 13.2 Å². The summed E-state index contributed by atoms with van der Waals surface area (Å²) in [5, 5.41) is 0. The van der Waals surface area contributed by atoms with Gasteiger partial charge in [0.15, 0.2) is 6.61 Å². The van der Waals surface area contributed by atoms with Crippen molar-refractivity contribution in [3.05, 3.63) is 29.8 Å². The molecule has 1 aromatic rings. The standard InChI is InChI=1S/C20H28N2O6S/c1-21(27-2)29(25,26)17-11-9-16(10-12-17)20(24)28-14-19(23)22-13-5-7-15-6-3-4-8-18(15)22/h9-12,15,18H,3-8,13-14H2,1-2H3/t15-,18-/m0/s1. The van der Waals surface area contributed by atoms with Crippen molar-refractivity contribution in [3.63, 3.8) is 0 Å². The number of hydroxylamine groups is 1. The van der Waals surface area contributed by atoms with Crippen LogP contribution in [0.4, 0.5) is 0 Å². The SMILES string of the molecule is CON(C)S(=O)(=O)c1ccc(C(=O)OCC(=O)N2CCC[C@@H]3CCCC[C@@H]32)cc1. The molecule has 1 amide bonds. The molecule has 0 bridgehead atoms. The van der Waals surface area contributed by atoms with Crippen molar-refractivity contribution in [3.8, 4) is 0 Å². The molecule has 160 valence electrons. The molecule has 0 N–H and O–H groups in total. The first kappa shape index (κ1) is 21.7. The van der Waals surface area contributed by atoms with Gasteiger partial charge in [-0.2, -0.15) is 0 Å². The van der Waals surface area contributed by atoms with Gasteiger partial charge in [-0.15, -0.1) is 0 Å². The number of sulfonamides is 1. The Labute approximate surface area is 171 Å². The Bertz CT molecular complexity index is 837. The van der Waals surface area contributed by atoms with Crippen LogP contribution < -0.4 is 0 Å². The molecular formula is C20H28N2O6S. The minimum absolute atomic E-state index is 0.00821. The van der Waals surface area contributed by atoms with E-state index in [1.54, 1.807) is 0 Å². The predicted octanol–water partition coefficient (Wildman–Crippen LogP) is 2.21. The Morgan fingerprint density at radius 2 is 1.76 bits per heavy atom. The van der Waals surface area contributed by atoms with E-state index in [2.05, 4.69) is 0 Å². The van der Waals surface area contributed by atoms with Crippen LogP contribution in [0.15, 0.2) is 29.2 Å². The Hall–Kier alpha value is -1.97. The van der Waals surface area contributed by atoms with Gasteiger partial charge < -0.3 is 9.64 Å². The van der Waals surface area contributed by atoms with E-state index < -0.39 is 16.0 Å². The second kappa shape index (κ2) is 9.23. The number of carbonyl (C=O) groups excluding carboxylic acids is 2. The molecule has 8 nitrogen and oxygen atoms in total. The summed E-state index contributed by atoms with van der Waals surface area (Å²) in [6.45, 7) is 0.422. The van der Waals surface area contributed by atoms with Gasteiger partial charge in [0, 0.05) is 19.6 Å². The Morgan fingerprint density at radius 3 is 2.45 bits per heavy atom. The van der Waals surface area contributed by atoms with Crippen LogP contribution in [0.1, 0.15) is 48.9 Å². The first-order valence-electron chi connectivity index (χ1n) is 9.94. The third-order valence-corrected chi connectivity index (χ3v) is 7.57. The molecule has 1 heterocycles. The van der Waals surface area contributed by atoms with Crippen molar-refractivity contribution in [2.24, 2.45) is 5.92 Å². The number of ether oxygens (including phenoxy) is 1. The number of hydrogen-bond acceptors (Lipinski definition) is 6. The van der Waals surface area contributed by atoms with Gasteiger partial charge in [0.25, 0.3) is 15.9 Å². The van der Waals surface area contributed by atoms with Crippen molar-refractivity contribution < 1.29 is 27.6 Å². The molecule has 3 rings (SSSR count). The highest BCUT2D eigenvalue weighted by atomic mass is 32.2. The number of piperidine rings is 1. The quantitative estimate of drug-likeness (QED) is 0.513. The molecule has 9 heteroatoms. The second-order valence-electron chi connectivity index (χ2n) is 7.54. The molecule has 29 heavy (non-hydrogen) atoms. The lowest BCUT2D eigenvalue weighted by Crippen LogP contribution is -2.50. The molecule has 2 atom stereocenters. The molecule has 2 fully saturated rings. The summed E-state index contributed by atoms with van der Waals surface area (Å²) in [7, 11) is -1.26. The maximum Gasteiger partial charge on any atom is 0.338 e. The lowest BCUT2D eigenvalue weighted by Gasteiger charge is -2.44. The topological polar surface area (TPSA) is 93.2 Å². The maximum absolute atomic E-state index is 12.6. The fourth-order valence-corrected chi connectivity index (χ4v) is 5.21. The smallest absolute Gasteiger partial charge is 0.338 e. The minimum atomic E-state index is -3.78. The van der Waals surface area contributed by atoms with E-state index >= 15 is 0 Å². The van der Waals surface area contributed by atoms with E-state index in [1.165, 1.54) is 57.7 Å². The lowest BCUT2D eigenvalue weighted by atomic mass is 9.78. The summed E-state index contributed by atoms with van der Waals surface area (Å²) in [5.74, 6) is -0.243. The van der Waals surface area contributed by atoms with Gasteiger partial charge in [0.1, 0.15) is 0 Å². The molecule has 1 saturated heterocycles. The zero-order valence-corrected chi connectivity index (χ0v) is 17.7. The van der Waals surface area contributed by atoms with Gasteiger partial charge in [-0.05, 0) is 55.9 Å². The van der Waals surface area contributed by atoms with Crippen molar-refractivity contribution >= 4 is 21.9 Å². The molecule has 1 aliphatic carbocycles. The first-order chi connectivity index (χ1) is 13.8. The highest BCUT2D eigenvalue weighted by Gasteiger charge is 2.35. The molecule has 0 unspecified atom stereocenters. The van der Waals surface area contributed by atoms with Gasteiger partial charge in [-0.1, -0.05) is 17.3 Å². The van der Waals surface area contributed by atoms with Crippen molar-refractivity contribution in [2.75, 3.05) is 27.3 Å². The van der Waals surface area contributed by atoms with Crippen LogP contribution in [0.5, 0.6) is 0 Å². The zero-order valence-electron chi connectivity index (χ0n) is 16.9. The third kappa shape index (κ3) is 4.79. The van der Waals surface area contributed by atoms with E-state index in [-0.39, 0.29) is 29.0 Å². The Kier molecular flexibility index (Phi) is 6.92. The number of esters is 1. The second-order valence-corrected chi connectivity index (χ2v) is 9.47. The normalized spacial score (nSPS) is 22.2. The van der Waals surface area contributed by atoms with Crippen LogP contribution in [0.2, 0.25) is 0 Å². The average molecular weight is 425 g/mol. The van der Waals surface area contributed by atoms with E-state index in [0.717, 1.165) is 30.3 Å². The van der Waals surface area contributed by atoms with Crippen LogP contribution >= 0.6 is 0 Å². The largest absolute Gasteiger partial charge is 0.452 e. The molecule has 1 aromatic carbocycles. The fraction of sp³-hybridized carbons (Fsp3) is 0.600. The molecule has 0 aromatic heterocycles. The average Bonchev–Trinajstić information content (AvgIpc) is 2.76. The van der Waals surface area contributed by atoms with Crippen LogP contribution in [-0.2, 0) is 24.4 Å². The number of hydrogen-bond donors (Lipinski definition) is 0. The third-order valence-electron chi connectivity index (χ3n) is 5.87. The van der Waals surface area contributed by atoms with Gasteiger partial charge in [0.2, 0.25) is 0 Å². The van der Waals surface area contributed by atoms with Crippen LogP contribution in [-0.4, -0.2) is 63.0 Å². The summed E-state index contributed by atoms with van der Waals surface area (Å²) in [4.78, 5) is 31.5. The van der Waals surface area contributed by atoms with Crippen LogP contribution in [0.25, 0.3) is 0 Å². The number of nitrogens with zero attached hydrogens (tertiary/aromatic N) is 2. The first-order valence-corrected chi connectivity index (χ1v) is 11.4. The van der Waals surface area contributed by atoms with Gasteiger partial charge in [0.05, 0.1) is 17.6 Å². The van der Waals surface area contributed by atoms with Crippen molar-refractivity contribution in [1.82, 2.24) is 9.37 Å². The number of fused-ring (bicyclic) bond motifs is 1. The fourth-order valence-electron chi connectivity index (χ4n) is 4.24. The maximum atomic E-state index is 12.6. The predicted molar refractivity (Wildman–Crippen MR) is 105 cm³/mol. The highest BCUT2D eigenvalue weighted by molar-refractivity contribution is 7.89. The summed E-state index contributed by atoms with van der Waals surface area (Å²) in [6, 6.07) is 5.61. The minimum Gasteiger partial charge on any atom is -0.452 e. The van der Waals surface area contributed by atoms with Crippen LogP contribution in [0, 0.1) is 5.92 Å². The van der Waals surface area contributed by atoms with Gasteiger partial charge in [-0.3, -0.25) is 9.63 Å².